The molecule has 0 aliphatic carbocycles. The fraction of sp³-hybridized carbons (Fsp3) is 0.364. The lowest BCUT2D eigenvalue weighted by Gasteiger charge is -2.08. The molecule has 15 heavy (non-hydrogen) atoms. The van der Waals surface area contributed by atoms with Crippen molar-refractivity contribution in [1.82, 2.24) is 5.32 Å². The van der Waals surface area contributed by atoms with Crippen LogP contribution in [-0.2, 0) is 4.79 Å². The van der Waals surface area contributed by atoms with Gasteiger partial charge in [-0.15, -0.1) is 0 Å². The van der Waals surface area contributed by atoms with Gasteiger partial charge in [-0.1, -0.05) is 6.08 Å². The standard InChI is InChI=1S/C11H15NO3/c1-8(11(13)14)5-6-12-9(2)10-4-3-7-15-10/h3-5,7,9,12H,6H2,1-2H3,(H,13,14)/b8-5-/t9-/m0/s1. The molecule has 0 saturated heterocycles. The van der Waals surface area contributed by atoms with Crippen molar-refractivity contribution in [2.45, 2.75) is 19.9 Å². The molecule has 0 bridgehead atoms. The number of carboxylic acids is 1. The lowest BCUT2D eigenvalue weighted by atomic mass is 10.2. The third-order valence-corrected chi connectivity index (χ3v) is 2.14. The Morgan fingerprint density at radius 3 is 3.00 bits per heavy atom. The van der Waals surface area contributed by atoms with E-state index in [-0.39, 0.29) is 6.04 Å². The third-order valence-electron chi connectivity index (χ3n) is 2.14. The van der Waals surface area contributed by atoms with Crippen LogP contribution in [0, 0.1) is 0 Å². The molecule has 4 nitrogen and oxygen atoms in total. The topological polar surface area (TPSA) is 62.5 Å². The maximum absolute atomic E-state index is 10.5. The number of carboxylic acid groups (broad SMARTS) is 1. The summed E-state index contributed by atoms with van der Waals surface area (Å²) in [5.74, 6) is -0.0428. The van der Waals surface area contributed by atoms with Crippen LogP contribution >= 0.6 is 0 Å². The van der Waals surface area contributed by atoms with Gasteiger partial charge in [0.25, 0.3) is 0 Å². The summed E-state index contributed by atoms with van der Waals surface area (Å²) in [5.41, 5.74) is 0.342. The minimum absolute atomic E-state index is 0.0813. The normalized spacial score (nSPS) is 13.9. The van der Waals surface area contributed by atoms with Gasteiger partial charge < -0.3 is 14.8 Å². The third kappa shape index (κ3) is 3.59. The minimum Gasteiger partial charge on any atom is -0.478 e. The highest BCUT2D eigenvalue weighted by Crippen LogP contribution is 2.11. The van der Waals surface area contributed by atoms with Crippen molar-refractivity contribution < 1.29 is 14.3 Å². The summed E-state index contributed by atoms with van der Waals surface area (Å²) in [6.45, 7) is 4.05. The van der Waals surface area contributed by atoms with Crippen LogP contribution in [0.4, 0.5) is 0 Å². The van der Waals surface area contributed by atoms with Crippen molar-refractivity contribution >= 4 is 5.97 Å². The zero-order valence-corrected chi connectivity index (χ0v) is 8.86. The molecule has 0 aliphatic rings. The first-order valence-corrected chi connectivity index (χ1v) is 4.78. The number of nitrogens with one attached hydrogen (secondary N) is 1. The molecule has 1 rings (SSSR count). The molecule has 0 aliphatic heterocycles. The monoisotopic (exact) mass is 209 g/mol. The fourth-order valence-electron chi connectivity index (χ4n) is 1.11. The zero-order valence-electron chi connectivity index (χ0n) is 8.86. The van der Waals surface area contributed by atoms with E-state index in [0.29, 0.717) is 12.1 Å². The van der Waals surface area contributed by atoms with E-state index >= 15 is 0 Å². The van der Waals surface area contributed by atoms with E-state index in [1.807, 2.05) is 19.1 Å². The van der Waals surface area contributed by atoms with Crippen LogP contribution in [0.5, 0.6) is 0 Å². The molecule has 1 atom stereocenters. The first-order chi connectivity index (χ1) is 7.11. The second kappa shape index (κ2) is 5.36. The average Bonchev–Trinajstić information content (AvgIpc) is 2.70. The quantitative estimate of drug-likeness (QED) is 0.728. The van der Waals surface area contributed by atoms with E-state index < -0.39 is 5.97 Å². The summed E-state index contributed by atoms with van der Waals surface area (Å²) in [7, 11) is 0. The van der Waals surface area contributed by atoms with Gasteiger partial charge in [-0.05, 0) is 26.0 Å². The molecule has 0 unspecified atom stereocenters. The Kier molecular flexibility index (Phi) is 4.12. The van der Waals surface area contributed by atoms with E-state index in [4.69, 9.17) is 9.52 Å². The molecule has 0 radical (unpaired) electrons. The van der Waals surface area contributed by atoms with Crippen LogP contribution in [0.15, 0.2) is 34.5 Å². The van der Waals surface area contributed by atoms with Gasteiger partial charge in [-0.25, -0.2) is 4.79 Å². The number of furan rings is 1. The molecule has 82 valence electrons. The van der Waals surface area contributed by atoms with Gasteiger partial charge >= 0.3 is 5.97 Å². The summed E-state index contributed by atoms with van der Waals surface area (Å²) in [4.78, 5) is 10.5. The maximum atomic E-state index is 10.5. The van der Waals surface area contributed by atoms with Gasteiger partial charge in [0.15, 0.2) is 0 Å². The predicted molar refractivity (Wildman–Crippen MR) is 56.5 cm³/mol. The Hall–Kier alpha value is -1.55. The van der Waals surface area contributed by atoms with Gasteiger partial charge in [-0.2, -0.15) is 0 Å². The highest BCUT2D eigenvalue weighted by Gasteiger charge is 2.06. The summed E-state index contributed by atoms with van der Waals surface area (Å²) in [6, 6.07) is 3.79. The lowest BCUT2D eigenvalue weighted by Crippen LogP contribution is -2.18. The van der Waals surface area contributed by atoms with E-state index in [2.05, 4.69) is 5.32 Å². The molecule has 0 fully saturated rings. The highest BCUT2D eigenvalue weighted by atomic mass is 16.4. The maximum Gasteiger partial charge on any atom is 0.330 e. The molecule has 0 aromatic carbocycles. The van der Waals surface area contributed by atoms with Crippen LogP contribution in [0.3, 0.4) is 0 Å². The van der Waals surface area contributed by atoms with E-state index in [1.54, 1.807) is 19.3 Å². The Bertz CT molecular complexity index is 341. The Morgan fingerprint density at radius 2 is 2.47 bits per heavy atom. The van der Waals surface area contributed by atoms with Crippen molar-refractivity contribution in [2.75, 3.05) is 6.54 Å². The lowest BCUT2D eigenvalue weighted by molar-refractivity contribution is -0.132. The summed E-state index contributed by atoms with van der Waals surface area (Å²) in [5, 5.41) is 11.8. The molecule has 4 heteroatoms. The molecule has 0 amide bonds. The van der Waals surface area contributed by atoms with Gasteiger partial charge in [0, 0.05) is 12.1 Å². The number of carbonyl (C=O) groups is 1. The van der Waals surface area contributed by atoms with Crippen molar-refractivity contribution in [1.29, 1.82) is 0 Å². The second-order valence-electron chi connectivity index (χ2n) is 3.34. The molecular formula is C11H15NO3. The second-order valence-corrected chi connectivity index (χ2v) is 3.34. The Balaban J connectivity index is 2.38. The molecule has 1 aromatic rings. The smallest absolute Gasteiger partial charge is 0.330 e. The predicted octanol–water partition coefficient (Wildman–Crippen LogP) is 1.96. The molecule has 0 spiro atoms. The van der Waals surface area contributed by atoms with Crippen LogP contribution in [0.1, 0.15) is 25.6 Å². The number of aliphatic carboxylic acids is 1. The van der Waals surface area contributed by atoms with Gasteiger partial charge in [0.2, 0.25) is 0 Å². The molecule has 0 saturated carbocycles. The SMILES string of the molecule is C/C(=C/CN[C@@H](C)c1ccco1)C(=O)O. The number of rotatable bonds is 5. The van der Waals surface area contributed by atoms with Gasteiger partial charge in [0.05, 0.1) is 12.3 Å². The summed E-state index contributed by atoms with van der Waals surface area (Å²) < 4.78 is 5.20. The van der Waals surface area contributed by atoms with Crippen molar-refractivity contribution in [3.05, 3.63) is 35.8 Å². The summed E-state index contributed by atoms with van der Waals surface area (Å²) >= 11 is 0. The first-order valence-electron chi connectivity index (χ1n) is 4.78. The molecule has 2 N–H and O–H groups in total. The largest absolute Gasteiger partial charge is 0.478 e. The van der Waals surface area contributed by atoms with Crippen LogP contribution < -0.4 is 5.32 Å². The van der Waals surface area contributed by atoms with Crippen molar-refractivity contribution in [3.8, 4) is 0 Å². The van der Waals surface area contributed by atoms with Crippen LogP contribution in [-0.4, -0.2) is 17.6 Å². The number of hydrogen-bond donors (Lipinski definition) is 2. The van der Waals surface area contributed by atoms with Crippen LogP contribution in [0.2, 0.25) is 0 Å². The van der Waals surface area contributed by atoms with Gasteiger partial charge in [0.1, 0.15) is 5.76 Å². The van der Waals surface area contributed by atoms with E-state index in [1.165, 1.54) is 0 Å². The Morgan fingerprint density at radius 1 is 1.73 bits per heavy atom. The molecule has 1 heterocycles. The summed E-state index contributed by atoms with van der Waals surface area (Å²) in [6.07, 6.45) is 3.26. The van der Waals surface area contributed by atoms with Crippen molar-refractivity contribution in [2.24, 2.45) is 0 Å². The van der Waals surface area contributed by atoms with Crippen molar-refractivity contribution in [3.63, 3.8) is 0 Å². The number of hydrogen-bond acceptors (Lipinski definition) is 3. The van der Waals surface area contributed by atoms with Crippen LogP contribution in [0.25, 0.3) is 0 Å². The zero-order chi connectivity index (χ0) is 11.3. The van der Waals surface area contributed by atoms with Gasteiger partial charge in [-0.3, -0.25) is 0 Å². The minimum atomic E-state index is -0.887. The van der Waals surface area contributed by atoms with E-state index in [0.717, 1.165) is 5.76 Å². The first kappa shape index (κ1) is 11.5. The Labute approximate surface area is 88.6 Å². The van der Waals surface area contributed by atoms with E-state index in [9.17, 15) is 4.79 Å². The fourth-order valence-corrected chi connectivity index (χ4v) is 1.11. The highest BCUT2D eigenvalue weighted by molar-refractivity contribution is 5.85. The average molecular weight is 209 g/mol. The molecule has 1 aromatic heterocycles. The molecular weight excluding hydrogens is 194 g/mol.